The van der Waals surface area contributed by atoms with Crippen LogP contribution in [0.4, 0.5) is 23.9 Å². The summed E-state index contributed by atoms with van der Waals surface area (Å²) in [5.41, 5.74) is 1.46. The van der Waals surface area contributed by atoms with Crippen LogP contribution in [0, 0.1) is 6.92 Å². The number of hydrogen-bond acceptors (Lipinski definition) is 3. The molecule has 3 nitrogen and oxygen atoms in total. The van der Waals surface area contributed by atoms with Crippen LogP contribution < -0.4 is 4.90 Å². The third-order valence-corrected chi connectivity index (χ3v) is 5.66. The van der Waals surface area contributed by atoms with Gasteiger partial charge in [-0.05, 0) is 41.9 Å². The van der Waals surface area contributed by atoms with E-state index in [-0.39, 0.29) is 21.3 Å². The third-order valence-electron chi connectivity index (χ3n) is 4.69. The summed E-state index contributed by atoms with van der Waals surface area (Å²) in [5.74, 6) is 0.159. The molecule has 0 aliphatic heterocycles. The number of carbonyl (C=O) groups is 1. The van der Waals surface area contributed by atoms with Crippen molar-refractivity contribution in [1.82, 2.24) is 4.98 Å². The molecule has 2 aromatic rings. The Morgan fingerprint density at radius 3 is 2.64 bits per heavy atom. The molecule has 3 rings (SSSR count). The number of anilines is 2. The van der Waals surface area contributed by atoms with Crippen molar-refractivity contribution >= 4 is 28.4 Å². The van der Waals surface area contributed by atoms with Gasteiger partial charge in [0.05, 0.1) is 10.7 Å². The standard InChI is InChI=1S/C18H19F3N2OS/c1-10-8-17(3,4)12-6-5-7-13(14(10)12)23(9-24)16-15(18(19,20)21)22-11(2)25-16/h5-7,9-10H,8H2,1-4H3. The number of nitrogens with zero attached hydrogens (tertiary/aromatic N) is 2. The average Bonchev–Trinajstić information content (AvgIpc) is 2.99. The van der Waals surface area contributed by atoms with Gasteiger partial charge in [-0.1, -0.05) is 32.9 Å². The number of amides is 1. The number of thiazole rings is 1. The summed E-state index contributed by atoms with van der Waals surface area (Å²) >= 11 is 0.879. The Morgan fingerprint density at radius 1 is 1.36 bits per heavy atom. The molecule has 1 aromatic heterocycles. The molecule has 1 aliphatic rings. The summed E-state index contributed by atoms with van der Waals surface area (Å²) in [6, 6.07) is 5.50. The monoisotopic (exact) mass is 368 g/mol. The number of carbonyl (C=O) groups excluding carboxylic acids is 1. The second-order valence-corrected chi connectivity index (χ2v) is 8.27. The quantitative estimate of drug-likeness (QED) is 0.666. The van der Waals surface area contributed by atoms with E-state index in [1.165, 1.54) is 6.92 Å². The van der Waals surface area contributed by atoms with Crippen LogP contribution in [-0.2, 0) is 16.4 Å². The van der Waals surface area contributed by atoms with Gasteiger partial charge in [0.2, 0.25) is 6.41 Å². The van der Waals surface area contributed by atoms with E-state index in [9.17, 15) is 18.0 Å². The van der Waals surface area contributed by atoms with E-state index < -0.39 is 11.9 Å². The molecular formula is C18H19F3N2OS. The summed E-state index contributed by atoms with van der Waals surface area (Å²) < 4.78 is 40.0. The summed E-state index contributed by atoms with van der Waals surface area (Å²) in [7, 11) is 0. The van der Waals surface area contributed by atoms with Crippen molar-refractivity contribution in [3.63, 3.8) is 0 Å². The van der Waals surface area contributed by atoms with Crippen molar-refractivity contribution < 1.29 is 18.0 Å². The Labute approximate surface area is 148 Å². The van der Waals surface area contributed by atoms with Gasteiger partial charge in [0.15, 0.2) is 5.69 Å². The minimum Gasteiger partial charge on any atom is -0.278 e. The molecule has 0 fully saturated rings. The predicted octanol–water partition coefficient (Wildman–Crippen LogP) is 5.55. The minimum atomic E-state index is -4.61. The molecule has 0 N–H and O–H groups in total. The van der Waals surface area contributed by atoms with E-state index >= 15 is 0 Å². The highest BCUT2D eigenvalue weighted by atomic mass is 32.1. The highest BCUT2D eigenvalue weighted by Crippen LogP contribution is 2.51. The van der Waals surface area contributed by atoms with Crippen LogP contribution in [0.5, 0.6) is 0 Å². The fraction of sp³-hybridized carbons (Fsp3) is 0.444. The highest BCUT2D eigenvalue weighted by Gasteiger charge is 2.41. The van der Waals surface area contributed by atoms with E-state index in [4.69, 9.17) is 0 Å². The van der Waals surface area contributed by atoms with Crippen molar-refractivity contribution in [1.29, 1.82) is 0 Å². The van der Waals surface area contributed by atoms with Crippen LogP contribution in [0.25, 0.3) is 0 Å². The maximum atomic E-state index is 13.3. The van der Waals surface area contributed by atoms with Gasteiger partial charge in [0.1, 0.15) is 5.00 Å². The summed E-state index contributed by atoms with van der Waals surface area (Å²) in [4.78, 5) is 16.5. The smallest absolute Gasteiger partial charge is 0.278 e. The number of fused-ring (bicyclic) bond motifs is 1. The fourth-order valence-corrected chi connectivity index (χ4v) is 4.74. The lowest BCUT2D eigenvalue weighted by atomic mass is 9.86. The second-order valence-electron chi connectivity index (χ2n) is 7.09. The zero-order valence-electron chi connectivity index (χ0n) is 14.4. The lowest BCUT2D eigenvalue weighted by Crippen LogP contribution is -2.20. The first-order valence-electron chi connectivity index (χ1n) is 7.99. The molecule has 0 saturated heterocycles. The molecule has 25 heavy (non-hydrogen) atoms. The topological polar surface area (TPSA) is 33.2 Å². The van der Waals surface area contributed by atoms with Gasteiger partial charge in [0, 0.05) is 0 Å². The summed E-state index contributed by atoms with van der Waals surface area (Å²) in [5, 5.41) is 0.0976. The lowest BCUT2D eigenvalue weighted by molar-refractivity contribution is -0.140. The number of alkyl halides is 3. The highest BCUT2D eigenvalue weighted by molar-refractivity contribution is 7.16. The summed E-state index contributed by atoms with van der Waals surface area (Å²) in [6.07, 6.45) is -3.26. The molecule has 1 aliphatic carbocycles. The zero-order chi connectivity index (χ0) is 18.6. The van der Waals surface area contributed by atoms with Gasteiger partial charge in [0.25, 0.3) is 0 Å². The van der Waals surface area contributed by atoms with Gasteiger partial charge in [-0.2, -0.15) is 13.2 Å². The largest absolute Gasteiger partial charge is 0.436 e. The molecule has 1 atom stereocenters. The lowest BCUT2D eigenvalue weighted by Gasteiger charge is -2.23. The molecule has 7 heteroatoms. The predicted molar refractivity (Wildman–Crippen MR) is 92.6 cm³/mol. The minimum absolute atomic E-state index is 0.0736. The summed E-state index contributed by atoms with van der Waals surface area (Å²) in [6.45, 7) is 7.78. The first kappa shape index (κ1) is 17.9. The van der Waals surface area contributed by atoms with Crippen molar-refractivity contribution in [3.8, 4) is 0 Å². The molecule has 1 unspecified atom stereocenters. The Balaban J connectivity index is 2.21. The van der Waals surface area contributed by atoms with Gasteiger partial charge in [-0.25, -0.2) is 4.98 Å². The molecular weight excluding hydrogens is 349 g/mol. The van der Waals surface area contributed by atoms with Crippen LogP contribution in [0.15, 0.2) is 18.2 Å². The molecule has 134 valence electrons. The van der Waals surface area contributed by atoms with Crippen LogP contribution >= 0.6 is 11.3 Å². The number of rotatable bonds is 3. The zero-order valence-corrected chi connectivity index (χ0v) is 15.3. The van der Waals surface area contributed by atoms with E-state index in [2.05, 4.69) is 18.8 Å². The Bertz CT molecular complexity index is 826. The van der Waals surface area contributed by atoms with Gasteiger partial charge >= 0.3 is 6.18 Å². The maximum absolute atomic E-state index is 13.3. The normalized spacial score (nSPS) is 18.9. The SMILES string of the molecule is Cc1nc(C(F)(F)F)c(N(C=O)c2cccc3c2C(C)CC3(C)C)s1. The number of aromatic nitrogens is 1. The molecule has 1 heterocycles. The third kappa shape index (κ3) is 2.94. The molecule has 0 radical (unpaired) electrons. The van der Waals surface area contributed by atoms with Gasteiger partial charge in [-0.15, -0.1) is 11.3 Å². The van der Waals surface area contributed by atoms with E-state index in [1.54, 1.807) is 12.1 Å². The van der Waals surface area contributed by atoms with Crippen LogP contribution in [0.1, 0.15) is 54.9 Å². The van der Waals surface area contributed by atoms with Gasteiger partial charge < -0.3 is 0 Å². The first-order valence-corrected chi connectivity index (χ1v) is 8.80. The van der Waals surface area contributed by atoms with Crippen molar-refractivity contribution in [2.24, 2.45) is 0 Å². The van der Waals surface area contributed by atoms with E-state index in [0.717, 1.165) is 33.8 Å². The average molecular weight is 368 g/mol. The maximum Gasteiger partial charge on any atom is 0.436 e. The van der Waals surface area contributed by atoms with Crippen LogP contribution in [0.2, 0.25) is 0 Å². The Morgan fingerprint density at radius 2 is 2.04 bits per heavy atom. The number of halogens is 3. The first-order chi connectivity index (χ1) is 11.6. The van der Waals surface area contributed by atoms with Crippen molar-refractivity contribution in [2.45, 2.75) is 51.6 Å². The Hall–Kier alpha value is -1.89. The molecule has 0 spiro atoms. The number of aryl methyl sites for hydroxylation is 1. The van der Waals surface area contributed by atoms with Crippen LogP contribution in [-0.4, -0.2) is 11.4 Å². The Kier molecular flexibility index (Phi) is 4.18. The molecule has 1 aromatic carbocycles. The molecule has 0 saturated carbocycles. The van der Waals surface area contributed by atoms with Crippen LogP contribution in [0.3, 0.4) is 0 Å². The van der Waals surface area contributed by atoms with Gasteiger partial charge in [-0.3, -0.25) is 9.69 Å². The van der Waals surface area contributed by atoms with Crippen molar-refractivity contribution in [2.75, 3.05) is 4.90 Å². The second kappa shape index (κ2) is 5.83. The number of benzene rings is 1. The van der Waals surface area contributed by atoms with E-state index in [1.807, 2.05) is 13.0 Å². The molecule has 0 bridgehead atoms. The number of hydrogen-bond donors (Lipinski definition) is 0. The van der Waals surface area contributed by atoms with Crippen molar-refractivity contribution in [3.05, 3.63) is 40.0 Å². The fourth-order valence-electron chi connectivity index (χ4n) is 3.83. The molecule has 1 amide bonds. The van der Waals surface area contributed by atoms with E-state index in [0.29, 0.717) is 12.1 Å².